The number of hydrogen-bond donors (Lipinski definition) is 1. The number of hydrogen-bond acceptors (Lipinski definition) is 4. The van der Waals surface area contributed by atoms with Gasteiger partial charge >= 0.3 is 0 Å². The van der Waals surface area contributed by atoms with Gasteiger partial charge in [0.15, 0.2) is 0 Å². The zero-order valence-electron chi connectivity index (χ0n) is 10.4. The zero-order valence-corrected chi connectivity index (χ0v) is 11.2. The quantitative estimate of drug-likeness (QED) is 0.877. The molecule has 2 aromatic carbocycles. The normalized spacial score (nSPS) is 9.55. The Hall–Kier alpha value is -2.69. The van der Waals surface area contributed by atoms with Gasteiger partial charge in [-0.15, -0.1) is 0 Å². The topological polar surface area (TPSA) is 82.8 Å². The molecule has 20 heavy (non-hydrogen) atoms. The molecule has 0 unspecified atom stereocenters. The lowest BCUT2D eigenvalue weighted by Gasteiger charge is -2.10. The standard InChI is InChI=1S/C15H10ClN3O/c16-13-5-10(7-17)1-3-12(13)9-20-15-4-2-11(8-18)6-14(15)19/h1-6H,9,19H2. The summed E-state index contributed by atoms with van der Waals surface area (Å²) in [5.41, 5.74) is 7.92. The van der Waals surface area contributed by atoms with Crippen molar-refractivity contribution in [3.8, 4) is 17.9 Å². The highest BCUT2D eigenvalue weighted by Gasteiger charge is 2.06. The van der Waals surface area contributed by atoms with E-state index in [4.69, 9.17) is 32.6 Å². The van der Waals surface area contributed by atoms with Gasteiger partial charge in [0.25, 0.3) is 0 Å². The molecule has 2 rings (SSSR count). The van der Waals surface area contributed by atoms with Gasteiger partial charge in [-0.05, 0) is 30.3 Å². The molecule has 0 saturated carbocycles. The van der Waals surface area contributed by atoms with Crippen LogP contribution in [0, 0.1) is 22.7 Å². The lowest BCUT2D eigenvalue weighted by Crippen LogP contribution is -2.00. The van der Waals surface area contributed by atoms with Crippen LogP contribution in [0.15, 0.2) is 36.4 Å². The predicted octanol–water partition coefficient (Wildman–Crippen LogP) is 3.24. The van der Waals surface area contributed by atoms with E-state index >= 15 is 0 Å². The number of nitrogens with two attached hydrogens (primary N) is 1. The van der Waals surface area contributed by atoms with Gasteiger partial charge in [0.2, 0.25) is 0 Å². The predicted molar refractivity (Wildman–Crippen MR) is 76.1 cm³/mol. The summed E-state index contributed by atoms with van der Waals surface area (Å²) in [6.07, 6.45) is 0. The van der Waals surface area contributed by atoms with E-state index in [0.29, 0.717) is 27.6 Å². The Labute approximate surface area is 121 Å². The Kier molecular flexibility index (Phi) is 4.10. The fourth-order valence-electron chi connectivity index (χ4n) is 1.64. The van der Waals surface area contributed by atoms with Crippen LogP contribution >= 0.6 is 11.6 Å². The fraction of sp³-hybridized carbons (Fsp3) is 0.0667. The molecule has 0 saturated heterocycles. The van der Waals surface area contributed by atoms with Crippen molar-refractivity contribution in [2.75, 3.05) is 5.73 Å². The Morgan fingerprint density at radius 1 is 1.05 bits per heavy atom. The van der Waals surface area contributed by atoms with Crippen molar-refractivity contribution in [2.45, 2.75) is 6.61 Å². The van der Waals surface area contributed by atoms with Crippen molar-refractivity contribution < 1.29 is 4.74 Å². The van der Waals surface area contributed by atoms with Crippen LogP contribution in [-0.2, 0) is 6.61 Å². The van der Waals surface area contributed by atoms with Crippen LogP contribution < -0.4 is 10.5 Å². The summed E-state index contributed by atoms with van der Waals surface area (Å²) in [5.74, 6) is 0.490. The molecular weight excluding hydrogens is 274 g/mol. The van der Waals surface area contributed by atoms with Crippen LogP contribution in [0.4, 0.5) is 5.69 Å². The second kappa shape index (κ2) is 5.97. The van der Waals surface area contributed by atoms with Crippen molar-refractivity contribution >= 4 is 17.3 Å². The maximum atomic E-state index is 8.76. The summed E-state index contributed by atoms with van der Waals surface area (Å²) >= 11 is 6.06. The van der Waals surface area contributed by atoms with E-state index in [1.807, 2.05) is 12.1 Å². The summed E-state index contributed by atoms with van der Waals surface area (Å²) in [6, 6.07) is 13.8. The Morgan fingerprint density at radius 3 is 2.30 bits per heavy atom. The molecule has 0 heterocycles. The highest BCUT2D eigenvalue weighted by molar-refractivity contribution is 6.31. The maximum Gasteiger partial charge on any atom is 0.142 e. The molecule has 98 valence electrons. The first kappa shape index (κ1) is 13.7. The molecule has 0 atom stereocenters. The van der Waals surface area contributed by atoms with Crippen molar-refractivity contribution in [2.24, 2.45) is 0 Å². The highest BCUT2D eigenvalue weighted by Crippen LogP contribution is 2.25. The monoisotopic (exact) mass is 283 g/mol. The third kappa shape index (κ3) is 3.00. The summed E-state index contributed by atoms with van der Waals surface area (Å²) in [7, 11) is 0. The van der Waals surface area contributed by atoms with Crippen molar-refractivity contribution in [3.63, 3.8) is 0 Å². The summed E-state index contributed by atoms with van der Waals surface area (Å²) in [4.78, 5) is 0. The molecule has 0 fully saturated rings. The number of halogens is 1. The van der Waals surface area contributed by atoms with Crippen LogP contribution in [-0.4, -0.2) is 0 Å². The second-order valence-electron chi connectivity index (χ2n) is 4.07. The minimum Gasteiger partial charge on any atom is -0.487 e. The molecule has 0 aliphatic carbocycles. The van der Waals surface area contributed by atoms with E-state index in [9.17, 15) is 0 Å². The number of nitrogen functional groups attached to an aromatic ring is 1. The van der Waals surface area contributed by atoms with Crippen LogP contribution in [0.25, 0.3) is 0 Å². The van der Waals surface area contributed by atoms with Crippen LogP contribution in [0.3, 0.4) is 0 Å². The van der Waals surface area contributed by atoms with E-state index in [2.05, 4.69) is 0 Å². The van der Waals surface area contributed by atoms with Crippen molar-refractivity contribution in [1.29, 1.82) is 10.5 Å². The highest BCUT2D eigenvalue weighted by atomic mass is 35.5. The minimum absolute atomic E-state index is 0.237. The Bertz CT molecular complexity index is 665. The first-order chi connectivity index (χ1) is 9.63. The lowest BCUT2D eigenvalue weighted by atomic mass is 10.1. The Balaban J connectivity index is 2.13. The molecule has 0 spiro atoms. The molecule has 5 heteroatoms. The molecule has 2 N–H and O–H groups in total. The molecule has 0 aromatic heterocycles. The molecule has 0 radical (unpaired) electrons. The SMILES string of the molecule is N#Cc1ccc(OCc2ccc(C#N)cc2Cl)c(N)c1. The van der Waals surface area contributed by atoms with Gasteiger partial charge in [-0.1, -0.05) is 17.7 Å². The molecule has 2 aromatic rings. The molecule has 0 aliphatic rings. The van der Waals surface area contributed by atoms with E-state index < -0.39 is 0 Å². The number of anilines is 1. The smallest absolute Gasteiger partial charge is 0.142 e. The number of nitrogens with zero attached hydrogens (tertiary/aromatic N) is 2. The first-order valence-corrected chi connectivity index (χ1v) is 6.13. The summed E-state index contributed by atoms with van der Waals surface area (Å²) < 4.78 is 5.57. The summed E-state index contributed by atoms with van der Waals surface area (Å²) in [6.45, 7) is 0.237. The van der Waals surface area contributed by atoms with E-state index in [0.717, 1.165) is 5.56 Å². The lowest BCUT2D eigenvalue weighted by molar-refractivity contribution is 0.308. The molecule has 0 bridgehead atoms. The van der Waals surface area contributed by atoms with Gasteiger partial charge in [0, 0.05) is 10.6 Å². The molecule has 4 nitrogen and oxygen atoms in total. The fourth-order valence-corrected chi connectivity index (χ4v) is 1.87. The maximum absolute atomic E-state index is 8.76. The van der Waals surface area contributed by atoms with E-state index in [-0.39, 0.29) is 6.61 Å². The van der Waals surface area contributed by atoms with Gasteiger partial charge in [0.1, 0.15) is 12.4 Å². The first-order valence-electron chi connectivity index (χ1n) is 5.75. The average Bonchev–Trinajstić information content (AvgIpc) is 2.46. The van der Waals surface area contributed by atoms with Crippen LogP contribution in [0.2, 0.25) is 5.02 Å². The van der Waals surface area contributed by atoms with Crippen LogP contribution in [0.1, 0.15) is 16.7 Å². The van der Waals surface area contributed by atoms with Gasteiger partial charge < -0.3 is 10.5 Å². The van der Waals surface area contributed by atoms with Gasteiger partial charge in [-0.25, -0.2) is 0 Å². The van der Waals surface area contributed by atoms with Gasteiger partial charge in [-0.2, -0.15) is 10.5 Å². The van der Waals surface area contributed by atoms with Crippen LogP contribution in [0.5, 0.6) is 5.75 Å². The van der Waals surface area contributed by atoms with E-state index in [1.165, 1.54) is 0 Å². The van der Waals surface area contributed by atoms with Crippen molar-refractivity contribution in [3.05, 3.63) is 58.1 Å². The zero-order chi connectivity index (χ0) is 14.5. The number of ether oxygens (including phenoxy) is 1. The number of rotatable bonds is 3. The average molecular weight is 284 g/mol. The number of nitriles is 2. The molecule has 0 amide bonds. The molecule has 0 aliphatic heterocycles. The van der Waals surface area contributed by atoms with E-state index in [1.54, 1.807) is 36.4 Å². The summed E-state index contributed by atoms with van der Waals surface area (Å²) in [5, 5.41) is 18.0. The third-order valence-electron chi connectivity index (χ3n) is 2.70. The minimum atomic E-state index is 0.237. The third-order valence-corrected chi connectivity index (χ3v) is 3.06. The number of benzene rings is 2. The second-order valence-corrected chi connectivity index (χ2v) is 4.48. The van der Waals surface area contributed by atoms with Gasteiger partial charge in [0.05, 0.1) is 29.0 Å². The Morgan fingerprint density at radius 2 is 1.70 bits per heavy atom. The largest absolute Gasteiger partial charge is 0.487 e. The van der Waals surface area contributed by atoms with Gasteiger partial charge in [-0.3, -0.25) is 0 Å². The molecular formula is C15H10ClN3O. The van der Waals surface area contributed by atoms with Crippen molar-refractivity contribution in [1.82, 2.24) is 0 Å².